The van der Waals surface area contributed by atoms with Crippen LogP contribution in [0.4, 0.5) is 11.4 Å². The summed E-state index contributed by atoms with van der Waals surface area (Å²) in [5, 5.41) is 8.96. The predicted octanol–water partition coefficient (Wildman–Crippen LogP) is 4.19. The maximum absolute atomic E-state index is 13.6. The summed E-state index contributed by atoms with van der Waals surface area (Å²) in [4.78, 5) is 43.2. The number of imidazole rings is 1. The molecule has 0 saturated carbocycles. The van der Waals surface area contributed by atoms with Gasteiger partial charge < -0.3 is 34.7 Å². The van der Waals surface area contributed by atoms with E-state index in [1.54, 1.807) is 39.6 Å². The van der Waals surface area contributed by atoms with Crippen LogP contribution in [0.1, 0.15) is 37.4 Å². The van der Waals surface area contributed by atoms with Gasteiger partial charge in [-0.15, -0.1) is 0 Å². The number of anilines is 2. The maximum atomic E-state index is 13.6. The first-order chi connectivity index (χ1) is 20.6. The molecule has 1 aliphatic rings. The number of hydrogen-bond acceptors (Lipinski definition) is 8. The number of nitrogens with one attached hydrogen (secondary N) is 3. The number of ether oxygens (including phenoxy) is 3. The summed E-state index contributed by atoms with van der Waals surface area (Å²) < 4.78 is 19.0. The van der Waals surface area contributed by atoms with Crippen LogP contribution in [0.3, 0.4) is 0 Å². The Kier molecular flexibility index (Phi) is 8.24. The van der Waals surface area contributed by atoms with E-state index in [9.17, 15) is 14.4 Å². The van der Waals surface area contributed by atoms with Gasteiger partial charge in [0.2, 0.25) is 23.0 Å². The Balaban J connectivity index is 1.53. The first kappa shape index (κ1) is 29.4. The van der Waals surface area contributed by atoms with Crippen molar-refractivity contribution < 1.29 is 23.8 Å². The van der Waals surface area contributed by atoms with Crippen molar-refractivity contribution in [2.24, 2.45) is 7.05 Å². The van der Waals surface area contributed by atoms with Gasteiger partial charge in [0, 0.05) is 25.2 Å². The van der Waals surface area contributed by atoms with Gasteiger partial charge in [-0.3, -0.25) is 14.4 Å². The molecule has 0 aliphatic heterocycles. The molecule has 11 heteroatoms. The average molecular weight is 586 g/mol. The third kappa shape index (κ3) is 5.70. The minimum absolute atomic E-state index is 0.212. The summed E-state index contributed by atoms with van der Waals surface area (Å²) in [6, 6.07) is 11.2. The lowest BCUT2D eigenvalue weighted by atomic mass is 9.95. The van der Waals surface area contributed by atoms with Gasteiger partial charge in [0.1, 0.15) is 6.04 Å². The molecule has 3 N–H and O–H groups in total. The maximum Gasteiger partial charge on any atom is 0.246 e. The van der Waals surface area contributed by atoms with Crippen LogP contribution in [0.2, 0.25) is 0 Å². The lowest BCUT2D eigenvalue weighted by Crippen LogP contribution is -2.33. The number of amides is 2. The van der Waals surface area contributed by atoms with Crippen molar-refractivity contribution in [3.63, 3.8) is 0 Å². The third-order valence-electron chi connectivity index (χ3n) is 7.67. The first-order valence-corrected chi connectivity index (χ1v) is 13.9. The number of carbonyl (C=O) groups is 2. The fraction of sp³-hybridized carbons (Fsp3) is 0.312. The molecular weight excluding hydrogens is 550 g/mol. The zero-order valence-electron chi connectivity index (χ0n) is 25.0. The van der Waals surface area contributed by atoms with Gasteiger partial charge in [0.15, 0.2) is 11.5 Å². The summed E-state index contributed by atoms with van der Waals surface area (Å²) in [6.45, 7) is 3.13. The number of carbonyl (C=O) groups excluding carboxylic acids is 2. The highest BCUT2D eigenvalue weighted by atomic mass is 16.5. The van der Waals surface area contributed by atoms with Crippen LogP contribution in [0.25, 0.3) is 22.2 Å². The first-order valence-electron chi connectivity index (χ1n) is 13.9. The summed E-state index contributed by atoms with van der Waals surface area (Å²) >= 11 is 0. The number of hydrogen-bond donors (Lipinski definition) is 3. The molecule has 0 radical (unpaired) electrons. The third-order valence-corrected chi connectivity index (χ3v) is 7.67. The Hall–Kier alpha value is -5.06. The van der Waals surface area contributed by atoms with E-state index in [-0.39, 0.29) is 22.9 Å². The Morgan fingerprint density at radius 1 is 1.02 bits per heavy atom. The molecule has 1 heterocycles. The molecule has 43 heavy (non-hydrogen) atoms. The number of aryl methyl sites for hydroxylation is 2. The monoisotopic (exact) mass is 585 g/mol. The van der Waals surface area contributed by atoms with Crippen molar-refractivity contribution in [1.29, 1.82) is 0 Å². The number of fused-ring (bicyclic) bond motifs is 4. The van der Waals surface area contributed by atoms with Gasteiger partial charge in [-0.25, -0.2) is 4.98 Å². The molecular formula is C32H35N5O6. The molecule has 224 valence electrons. The number of nitrogens with zero attached hydrogens (tertiary/aromatic N) is 2. The highest BCUT2D eigenvalue weighted by Crippen LogP contribution is 2.50. The number of benzene rings is 2. The minimum atomic E-state index is -0.744. The van der Waals surface area contributed by atoms with Gasteiger partial charge in [-0.1, -0.05) is 6.07 Å². The molecule has 11 nitrogen and oxygen atoms in total. The minimum Gasteiger partial charge on any atom is -0.493 e. The highest BCUT2D eigenvalue weighted by Gasteiger charge is 2.29. The van der Waals surface area contributed by atoms with Crippen molar-refractivity contribution in [2.45, 2.75) is 38.8 Å². The Morgan fingerprint density at radius 2 is 1.79 bits per heavy atom. The van der Waals surface area contributed by atoms with E-state index in [0.29, 0.717) is 46.9 Å². The molecule has 0 bridgehead atoms. The van der Waals surface area contributed by atoms with Gasteiger partial charge >= 0.3 is 0 Å². The smallest absolute Gasteiger partial charge is 0.246 e. The summed E-state index contributed by atoms with van der Waals surface area (Å²) in [7, 11) is 6.55. The van der Waals surface area contributed by atoms with E-state index in [2.05, 4.69) is 20.9 Å². The van der Waals surface area contributed by atoms with Crippen LogP contribution in [-0.4, -0.2) is 48.7 Å². The quantitative estimate of drug-likeness (QED) is 0.281. The number of methoxy groups -OCH3 is 3. The second kappa shape index (κ2) is 12.0. The standard InChI is InChI=1S/C32H35N5O6/c1-17(32(40)36-20-8-12-26-25(14-20)33-16-37(26)3)34-24-11-9-21-22(15-27(24)39)23(35-18(2)38)10-7-19-13-28(41-4)30(42-5)31(43-6)29(19)21/h8-9,11-17,23H,7,10H2,1-6H3,(H,34,39)(H,35,38)(H,36,40). The molecule has 0 saturated heterocycles. The van der Waals surface area contributed by atoms with E-state index < -0.39 is 12.1 Å². The van der Waals surface area contributed by atoms with Crippen molar-refractivity contribution in [3.8, 4) is 28.4 Å². The van der Waals surface area contributed by atoms with Crippen LogP contribution in [-0.2, 0) is 23.1 Å². The Morgan fingerprint density at radius 3 is 2.49 bits per heavy atom. The van der Waals surface area contributed by atoms with Crippen LogP contribution >= 0.6 is 0 Å². The molecule has 2 unspecified atom stereocenters. The summed E-state index contributed by atoms with van der Waals surface area (Å²) in [5.41, 5.74) is 5.24. The van der Waals surface area contributed by atoms with Gasteiger partial charge in [0.25, 0.3) is 0 Å². The van der Waals surface area contributed by atoms with Gasteiger partial charge in [-0.05, 0) is 72.9 Å². The fourth-order valence-electron chi connectivity index (χ4n) is 5.59. The van der Waals surface area contributed by atoms with E-state index in [1.165, 1.54) is 20.1 Å². The summed E-state index contributed by atoms with van der Waals surface area (Å²) in [5.74, 6) is 0.881. The Bertz CT molecular complexity index is 1780. The summed E-state index contributed by atoms with van der Waals surface area (Å²) in [6.07, 6.45) is 2.85. The normalized spacial score (nSPS) is 14.5. The van der Waals surface area contributed by atoms with Crippen molar-refractivity contribution in [2.75, 3.05) is 32.0 Å². The SMILES string of the molecule is COc1cc2c(c(OC)c1OC)-c1ccc(NC(C)C(=O)Nc3ccc4c(c3)ncn4C)c(=O)cc1C(NC(C)=O)CC2. The molecule has 4 aromatic rings. The molecule has 3 aromatic carbocycles. The lowest BCUT2D eigenvalue weighted by Gasteiger charge is -2.19. The van der Waals surface area contributed by atoms with E-state index >= 15 is 0 Å². The highest BCUT2D eigenvalue weighted by molar-refractivity contribution is 5.97. The number of rotatable bonds is 8. The van der Waals surface area contributed by atoms with Crippen LogP contribution in [0.15, 0.2) is 53.6 Å². The largest absolute Gasteiger partial charge is 0.493 e. The average Bonchev–Trinajstić information content (AvgIpc) is 3.19. The van der Waals surface area contributed by atoms with E-state index in [4.69, 9.17) is 14.2 Å². The van der Waals surface area contributed by atoms with E-state index in [0.717, 1.165) is 22.2 Å². The van der Waals surface area contributed by atoms with E-state index in [1.807, 2.05) is 35.9 Å². The number of aromatic nitrogens is 2. The molecule has 0 fully saturated rings. The van der Waals surface area contributed by atoms with Crippen molar-refractivity contribution in [3.05, 3.63) is 70.1 Å². The second-order valence-electron chi connectivity index (χ2n) is 10.5. The molecule has 1 aliphatic carbocycles. The van der Waals surface area contributed by atoms with Gasteiger partial charge in [0.05, 0.1) is 50.4 Å². The fourth-order valence-corrected chi connectivity index (χ4v) is 5.59. The van der Waals surface area contributed by atoms with Crippen molar-refractivity contribution >= 4 is 34.2 Å². The zero-order chi connectivity index (χ0) is 30.8. The molecule has 2 amide bonds. The van der Waals surface area contributed by atoms with Crippen LogP contribution < -0.4 is 35.6 Å². The molecule has 5 rings (SSSR count). The van der Waals surface area contributed by atoms with Crippen LogP contribution in [0, 0.1) is 0 Å². The van der Waals surface area contributed by atoms with Crippen molar-refractivity contribution in [1.82, 2.24) is 14.9 Å². The Labute approximate surface area is 249 Å². The predicted molar refractivity (Wildman–Crippen MR) is 165 cm³/mol. The zero-order valence-corrected chi connectivity index (χ0v) is 25.0. The molecule has 0 spiro atoms. The van der Waals surface area contributed by atoms with Gasteiger partial charge in [-0.2, -0.15) is 0 Å². The molecule has 1 aromatic heterocycles. The molecule has 2 atom stereocenters. The second-order valence-corrected chi connectivity index (χ2v) is 10.5. The topological polar surface area (TPSA) is 133 Å². The lowest BCUT2D eigenvalue weighted by molar-refractivity contribution is -0.119. The van der Waals surface area contributed by atoms with Crippen LogP contribution in [0.5, 0.6) is 17.2 Å².